The van der Waals surface area contributed by atoms with Crippen LogP contribution in [0.15, 0.2) is 18.2 Å². The Morgan fingerprint density at radius 2 is 2.08 bits per heavy atom. The van der Waals surface area contributed by atoms with Crippen LogP contribution in [-0.2, 0) is 4.79 Å². The number of halogens is 2. The van der Waals surface area contributed by atoms with Gasteiger partial charge in [-0.15, -0.1) is 0 Å². The molecule has 0 aliphatic rings. The maximum Gasteiger partial charge on any atom is 0.213 e. The minimum Gasteiger partial charge on any atom is -0.317 e. The Labute approximate surface area is 80.7 Å². The number of rotatable bonds is 2. The minimum absolute atomic E-state index is 0.397. The summed E-state index contributed by atoms with van der Waals surface area (Å²) >= 11 is 11.6. The van der Waals surface area contributed by atoms with Gasteiger partial charge in [-0.1, -0.05) is 29.3 Å². The van der Waals surface area contributed by atoms with E-state index < -0.39 is 0 Å². The second kappa shape index (κ2) is 3.78. The highest BCUT2D eigenvalue weighted by atomic mass is 35.5. The monoisotopic (exact) mass is 203 g/mol. The summed E-state index contributed by atoms with van der Waals surface area (Å²) in [6.45, 7) is 0. The normalized spacial score (nSPS) is 9.58. The average Bonchev–Trinajstić information content (AvgIpc) is 2.08. The Bertz CT molecular complexity index is 301. The van der Waals surface area contributed by atoms with Gasteiger partial charge in [0.1, 0.15) is 0 Å². The molecule has 0 saturated heterocycles. The average molecular weight is 204 g/mol. The fourth-order valence-electron chi connectivity index (χ4n) is 0.822. The van der Waals surface area contributed by atoms with Crippen molar-refractivity contribution in [2.75, 3.05) is 11.9 Å². The lowest BCUT2D eigenvalue weighted by Gasteiger charge is -2.12. The number of benzene rings is 1. The maximum atomic E-state index is 10.4. The van der Waals surface area contributed by atoms with Crippen molar-refractivity contribution >= 4 is 35.3 Å². The summed E-state index contributed by atoms with van der Waals surface area (Å²) < 4.78 is 0. The summed E-state index contributed by atoms with van der Waals surface area (Å²) in [5.41, 5.74) is 0.610. The van der Waals surface area contributed by atoms with Gasteiger partial charge in [0.15, 0.2) is 0 Å². The summed E-state index contributed by atoms with van der Waals surface area (Å²) in [5, 5.41) is 0.844. The number of carbonyl (C=O) groups is 1. The second-order valence-electron chi connectivity index (χ2n) is 2.29. The van der Waals surface area contributed by atoms with Crippen LogP contribution >= 0.6 is 23.2 Å². The third-order valence-corrected chi connectivity index (χ3v) is 2.28. The van der Waals surface area contributed by atoms with E-state index in [4.69, 9.17) is 23.2 Å². The second-order valence-corrected chi connectivity index (χ2v) is 3.07. The molecule has 2 nitrogen and oxygen atoms in total. The van der Waals surface area contributed by atoms with Crippen LogP contribution in [0.1, 0.15) is 0 Å². The summed E-state index contributed by atoms with van der Waals surface area (Å²) in [4.78, 5) is 11.8. The highest BCUT2D eigenvalue weighted by Gasteiger charge is 2.06. The largest absolute Gasteiger partial charge is 0.317 e. The van der Waals surface area contributed by atoms with Gasteiger partial charge in [0, 0.05) is 7.05 Å². The molecule has 0 atom stereocenters. The minimum atomic E-state index is 0.397. The van der Waals surface area contributed by atoms with Crippen molar-refractivity contribution in [1.82, 2.24) is 0 Å². The predicted octanol–water partition coefficient (Wildman–Crippen LogP) is 2.59. The Hall–Kier alpha value is -0.730. The number of anilines is 1. The van der Waals surface area contributed by atoms with Crippen LogP contribution in [0.5, 0.6) is 0 Å². The van der Waals surface area contributed by atoms with E-state index in [0.717, 1.165) is 0 Å². The fourth-order valence-corrected chi connectivity index (χ4v) is 1.25. The van der Waals surface area contributed by atoms with E-state index in [2.05, 4.69) is 0 Å². The molecule has 0 saturated carbocycles. The molecule has 64 valence electrons. The molecule has 12 heavy (non-hydrogen) atoms. The van der Waals surface area contributed by atoms with E-state index in [-0.39, 0.29) is 0 Å². The Morgan fingerprint density at radius 3 is 2.67 bits per heavy atom. The molecule has 0 heterocycles. The van der Waals surface area contributed by atoms with Gasteiger partial charge in [0.2, 0.25) is 6.41 Å². The Kier molecular flexibility index (Phi) is 2.95. The summed E-state index contributed by atoms with van der Waals surface area (Å²) in [5.74, 6) is 0. The Morgan fingerprint density at radius 1 is 1.42 bits per heavy atom. The van der Waals surface area contributed by atoms with E-state index in [1.54, 1.807) is 25.2 Å². The molecule has 0 unspecified atom stereocenters. The quantitative estimate of drug-likeness (QED) is 0.678. The van der Waals surface area contributed by atoms with Crippen LogP contribution in [0.25, 0.3) is 0 Å². The van der Waals surface area contributed by atoms with Gasteiger partial charge in [0.25, 0.3) is 0 Å². The molecule has 1 aromatic rings. The number of hydrogen-bond donors (Lipinski definition) is 0. The van der Waals surface area contributed by atoms with Crippen LogP contribution in [-0.4, -0.2) is 13.5 Å². The van der Waals surface area contributed by atoms with E-state index in [9.17, 15) is 4.79 Å². The molecular formula is C8H7Cl2NO. The molecule has 0 aliphatic heterocycles. The smallest absolute Gasteiger partial charge is 0.213 e. The number of carbonyl (C=O) groups excluding carboxylic acids is 1. The molecular weight excluding hydrogens is 197 g/mol. The SMILES string of the molecule is CN(C=O)c1cccc(Cl)c1Cl. The molecule has 1 rings (SSSR count). The first-order chi connectivity index (χ1) is 5.66. The molecule has 0 aromatic heterocycles. The van der Waals surface area contributed by atoms with Crippen LogP contribution in [0.4, 0.5) is 5.69 Å². The zero-order chi connectivity index (χ0) is 9.14. The summed E-state index contributed by atoms with van der Waals surface area (Å²) in [6, 6.07) is 5.14. The molecule has 0 N–H and O–H groups in total. The van der Waals surface area contributed by atoms with Gasteiger partial charge in [-0.05, 0) is 12.1 Å². The van der Waals surface area contributed by atoms with E-state index in [0.29, 0.717) is 22.1 Å². The Balaban J connectivity index is 3.15. The number of amides is 1. The summed E-state index contributed by atoms with van der Waals surface area (Å²) in [7, 11) is 1.62. The molecule has 1 aromatic carbocycles. The third-order valence-electron chi connectivity index (χ3n) is 1.47. The lowest BCUT2D eigenvalue weighted by atomic mass is 10.3. The van der Waals surface area contributed by atoms with Crippen molar-refractivity contribution in [3.05, 3.63) is 28.2 Å². The van der Waals surface area contributed by atoms with Crippen LogP contribution < -0.4 is 4.90 Å². The van der Waals surface area contributed by atoms with Crippen LogP contribution in [0.2, 0.25) is 10.0 Å². The fraction of sp³-hybridized carbons (Fsp3) is 0.125. The van der Waals surface area contributed by atoms with E-state index >= 15 is 0 Å². The summed E-state index contributed by atoms with van der Waals surface area (Å²) in [6.07, 6.45) is 0.678. The number of hydrogen-bond acceptors (Lipinski definition) is 1. The van der Waals surface area contributed by atoms with Crippen molar-refractivity contribution in [2.24, 2.45) is 0 Å². The van der Waals surface area contributed by atoms with Crippen molar-refractivity contribution < 1.29 is 4.79 Å². The molecule has 0 bridgehead atoms. The van der Waals surface area contributed by atoms with Gasteiger partial charge in [-0.2, -0.15) is 0 Å². The topological polar surface area (TPSA) is 20.3 Å². The van der Waals surface area contributed by atoms with Gasteiger partial charge in [-0.3, -0.25) is 4.79 Å². The van der Waals surface area contributed by atoms with E-state index in [1.165, 1.54) is 4.90 Å². The van der Waals surface area contributed by atoms with Gasteiger partial charge >= 0.3 is 0 Å². The van der Waals surface area contributed by atoms with Gasteiger partial charge in [0.05, 0.1) is 15.7 Å². The lowest BCUT2D eigenvalue weighted by Crippen LogP contribution is -2.13. The van der Waals surface area contributed by atoms with E-state index in [1.807, 2.05) is 0 Å². The maximum absolute atomic E-state index is 10.4. The first-order valence-electron chi connectivity index (χ1n) is 3.29. The molecule has 0 spiro atoms. The highest BCUT2D eigenvalue weighted by molar-refractivity contribution is 6.43. The predicted molar refractivity (Wildman–Crippen MR) is 50.9 cm³/mol. The molecule has 0 radical (unpaired) electrons. The third kappa shape index (κ3) is 1.71. The zero-order valence-electron chi connectivity index (χ0n) is 6.42. The zero-order valence-corrected chi connectivity index (χ0v) is 7.93. The first-order valence-corrected chi connectivity index (χ1v) is 4.04. The highest BCUT2D eigenvalue weighted by Crippen LogP contribution is 2.30. The standard InChI is InChI=1S/C8H7Cl2NO/c1-11(5-12)7-4-2-3-6(9)8(7)10/h2-5H,1H3. The van der Waals surface area contributed by atoms with Crippen LogP contribution in [0.3, 0.4) is 0 Å². The van der Waals surface area contributed by atoms with Crippen molar-refractivity contribution in [3.63, 3.8) is 0 Å². The molecule has 4 heteroatoms. The lowest BCUT2D eigenvalue weighted by molar-refractivity contribution is -0.107. The molecule has 1 amide bonds. The molecule has 0 aliphatic carbocycles. The molecule has 0 fully saturated rings. The van der Waals surface area contributed by atoms with Crippen molar-refractivity contribution in [3.8, 4) is 0 Å². The van der Waals surface area contributed by atoms with Crippen molar-refractivity contribution in [2.45, 2.75) is 0 Å². The van der Waals surface area contributed by atoms with Crippen LogP contribution in [0, 0.1) is 0 Å². The van der Waals surface area contributed by atoms with Gasteiger partial charge in [-0.25, -0.2) is 0 Å². The van der Waals surface area contributed by atoms with Crippen molar-refractivity contribution in [1.29, 1.82) is 0 Å². The van der Waals surface area contributed by atoms with Gasteiger partial charge < -0.3 is 4.90 Å². The number of nitrogens with zero attached hydrogens (tertiary/aromatic N) is 1. The first kappa shape index (κ1) is 9.36.